The maximum Gasteiger partial charge on any atom is 0.275 e. The SMILES string of the molecule is CCC(=O)C1=C(O)CC(c2c(C)cc(C)c([N+](=O)[O-])c2C)CC1=O. The molecule has 0 fully saturated rings. The number of carbonyl (C=O) groups is 2. The monoisotopic (exact) mass is 331 g/mol. The van der Waals surface area contributed by atoms with Gasteiger partial charge in [-0.25, -0.2) is 0 Å². The van der Waals surface area contributed by atoms with Crippen molar-refractivity contribution < 1.29 is 19.6 Å². The summed E-state index contributed by atoms with van der Waals surface area (Å²) in [4.78, 5) is 35.1. The minimum Gasteiger partial charge on any atom is -0.511 e. The number of aliphatic hydroxyl groups excluding tert-OH is 1. The Morgan fingerprint density at radius 1 is 1.29 bits per heavy atom. The third-order valence-electron chi connectivity index (χ3n) is 4.62. The first-order valence-electron chi connectivity index (χ1n) is 7.92. The second kappa shape index (κ2) is 6.55. The van der Waals surface area contributed by atoms with E-state index in [1.54, 1.807) is 26.8 Å². The van der Waals surface area contributed by atoms with E-state index in [2.05, 4.69) is 0 Å². The minimum absolute atomic E-state index is 0.0435. The summed E-state index contributed by atoms with van der Waals surface area (Å²) in [7, 11) is 0. The van der Waals surface area contributed by atoms with Gasteiger partial charge in [-0.3, -0.25) is 19.7 Å². The van der Waals surface area contributed by atoms with Gasteiger partial charge in [0.25, 0.3) is 5.69 Å². The Bertz CT molecular complexity index is 776. The molecule has 1 atom stereocenters. The van der Waals surface area contributed by atoms with E-state index in [0.29, 0.717) is 11.1 Å². The number of aryl methyl sites for hydroxylation is 2. The molecule has 0 saturated heterocycles. The van der Waals surface area contributed by atoms with Crippen molar-refractivity contribution in [2.75, 3.05) is 0 Å². The van der Waals surface area contributed by atoms with Crippen LogP contribution >= 0.6 is 0 Å². The number of benzene rings is 1. The van der Waals surface area contributed by atoms with Gasteiger partial charge in [-0.15, -0.1) is 0 Å². The minimum atomic E-state index is -0.417. The predicted octanol–water partition coefficient (Wildman–Crippen LogP) is 3.76. The molecule has 0 bridgehead atoms. The summed E-state index contributed by atoms with van der Waals surface area (Å²) in [5, 5.41) is 21.5. The van der Waals surface area contributed by atoms with Crippen LogP contribution in [0.3, 0.4) is 0 Å². The summed E-state index contributed by atoms with van der Waals surface area (Å²) in [5.74, 6) is -1.31. The molecule has 1 N–H and O–H groups in total. The molecule has 1 aromatic rings. The Morgan fingerprint density at radius 2 is 1.92 bits per heavy atom. The largest absolute Gasteiger partial charge is 0.511 e. The smallest absolute Gasteiger partial charge is 0.275 e. The van der Waals surface area contributed by atoms with E-state index in [4.69, 9.17) is 0 Å². The van der Waals surface area contributed by atoms with Gasteiger partial charge in [-0.1, -0.05) is 6.92 Å². The van der Waals surface area contributed by atoms with Gasteiger partial charge in [0.15, 0.2) is 11.6 Å². The van der Waals surface area contributed by atoms with E-state index in [1.165, 1.54) is 0 Å². The molecule has 6 heteroatoms. The summed E-state index contributed by atoms with van der Waals surface area (Å²) >= 11 is 0. The van der Waals surface area contributed by atoms with Gasteiger partial charge >= 0.3 is 0 Å². The first kappa shape index (κ1) is 17.8. The molecule has 24 heavy (non-hydrogen) atoms. The van der Waals surface area contributed by atoms with Crippen molar-refractivity contribution in [2.45, 2.75) is 52.9 Å². The molecule has 2 rings (SSSR count). The lowest BCUT2D eigenvalue weighted by molar-refractivity contribution is -0.386. The highest BCUT2D eigenvalue weighted by Gasteiger charge is 2.34. The van der Waals surface area contributed by atoms with E-state index in [9.17, 15) is 24.8 Å². The molecule has 1 aliphatic rings. The number of rotatable bonds is 4. The van der Waals surface area contributed by atoms with Crippen molar-refractivity contribution >= 4 is 17.3 Å². The van der Waals surface area contributed by atoms with Crippen LogP contribution in [0, 0.1) is 30.9 Å². The number of nitrogens with zero attached hydrogens (tertiary/aromatic N) is 1. The molecule has 1 aliphatic carbocycles. The molecule has 0 heterocycles. The highest BCUT2D eigenvalue weighted by molar-refractivity contribution is 6.21. The van der Waals surface area contributed by atoms with Crippen LogP contribution in [-0.2, 0) is 9.59 Å². The summed E-state index contributed by atoms with van der Waals surface area (Å²) in [5.41, 5.74) is 2.60. The third-order valence-corrected chi connectivity index (χ3v) is 4.62. The van der Waals surface area contributed by atoms with Crippen LogP contribution in [0.2, 0.25) is 0 Å². The number of allylic oxidation sites excluding steroid dienone is 2. The summed E-state index contributed by atoms with van der Waals surface area (Å²) < 4.78 is 0. The van der Waals surface area contributed by atoms with Crippen LogP contribution in [0.15, 0.2) is 17.4 Å². The van der Waals surface area contributed by atoms with Crippen LogP contribution in [0.5, 0.6) is 0 Å². The van der Waals surface area contributed by atoms with Gasteiger partial charge < -0.3 is 5.11 Å². The van der Waals surface area contributed by atoms with Crippen molar-refractivity contribution in [1.82, 2.24) is 0 Å². The third kappa shape index (κ3) is 2.96. The number of carbonyl (C=O) groups excluding carboxylic acids is 2. The molecular weight excluding hydrogens is 310 g/mol. The van der Waals surface area contributed by atoms with E-state index in [-0.39, 0.29) is 48.0 Å². The molecule has 6 nitrogen and oxygen atoms in total. The number of hydrogen-bond acceptors (Lipinski definition) is 5. The fourth-order valence-corrected chi connectivity index (χ4v) is 3.69. The Morgan fingerprint density at radius 3 is 2.42 bits per heavy atom. The van der Waals surface area contributed by atoms with Crippen molar-refractivity contribution in [3.63, 3.8) is 0 Å². The Balaban J connectivity index is 2.54. The molecule has 0 radical (unpaired) electrons. The van der Waals surface area contributed by atoms with Gasteiger partial charge in [0.1, 0.15) is 5.76 Å². The zero-order valence-electron chi connectivity index (χ0n) is 14.3. The number of nitro groups is 1. The van der Waals surface area contributed by atoms with Crippen LogP contribution in [0.1, 0.15) is 54.4 Å². The molecular formula is C18H21NO5. The summed E-state index contributed by atoms with van der Waals surface area (Å²) in [6.07, 6.45) is 0.381. The molecule has 0 saturated carbocycles. The number of nitro benzene ring substituents is 1. The second-order valence-corrected chi connectivity index (χ2v) is 6.28. The maximum atomic E-state index is 12.3. The van der Waals surface area contributed by atoms with Gasteiger partial charge in [0.2, 0.25) is 0 Å². The normalized spacial score (nSPS) is 18.0. The van der Waals surface area contributed by atoms with Crippen molar-refractivity contribution in [3.05, 3.63) is 49.8 Å². The Kier molecular flexibility index (Phi) is 4.87. The molecule has 0 aliphatic heterocycles. The maximum absolute atomic E-state index is 12.3. The fourth-order valence-electron chi connectivity index (χ4n) is 3.69. The molecule has 0 amide bonds. The quantitative estimate of drug-likeness (QED) is 0.514. The average molecular weight is 331 g/mol. The lowest BCUT2D eigenvalue weighted by Crippen LogP contribution is -2.24. The van der Waals surface area contributed by atoms with Crippen molar-refractivity contribution in [1.29, 1.82) is 0 Å². The Hall–Kier alpha value is -2.50. The van der Waals surface area contributed by atoms with E-state index in [1.807, 2.05) is 6.92 Å². The van der Waals surface area contributed by atoms with Crippen molar-refractivity contribution in [2.24, 2.45) is 0 Å². The zero-order chi connectivity index (χ0) is 18.2. The molecule has 0 spiro atoms. The molecule has 1 unspecified atom stereocenters. The highest BCUT2D eigenvalue weighted by Crippen LogP contribution is 2.40. The van der Waals surface area contributed by atoms with Crippen LogP contribution in [0.25, 0.3) is 0 Å². The standard InChI is InChI=1S/C18H21NO5/c1-5-13(20)17-14(21)7-12(8-15(17)22)16-9(2)6-10(3)18(11(16)4)19(23)24/h6,12,21H,5,7-8H2,1-4H3. The first-order valence-corrected chi connectivity index (χ1v) is 7.92. The van der Waals surface area contributed by atoms with Gasteiger partial charge in [-0.2, -0.15) is 0 Å². The molecule has 0 aromatic heterocycles. The summed E-state index contributed by atoms with van der Waals surface area (Å²) in [6, 6.07) is 1.73. The lowest BCUT2D eigenvalue weighted by Gasteiger charge is -2.26. The number of aliphatic hydroxyl groups is 1. The Labute approximate surface area is 140 Å². The topological polar surface area (TPSA) is 97.5 Å². The summed E-state index contributed by atoms with van der Waals surface area (Å²) in [6.45, 7) is 6.84. The molecule has 1 aromatic carbocycles. The fraction of sp³-hybridized carbons (Fsp3) is 0.444. The van der Waals surface area contributed by atoms with Crippen LogP contribution in [-0.4, -0.2) is 21.6 Å². The van der Waals surface area contributed by atoms with Crippen LogP contribution < -0.4 is 0 Å². The lowest BCUT2D eigenvalue weighted by atomic mass is 9.77. The highest BCUT2D eigenvalue weighted by atomic mass is 16.6. The van der Waals surface area contributed by atoms with E-state index < -0.39 is 10.7 Å². The van der Waals surface area contributed by atoms with Crippen LogP contribution in [0.4, 0.5) is 5.69 Å². The molecule has 128 valence electrons. The number of ketones is 2. The number of Topliss-reactive ketones (excluding diaryl/α,β-unsaturated/α-hetero) is 2. The van der Waals surface area contributed by atoms with Gasteiger partial charge in [-0.05, 0) is 43.9 Å². The first-order chi connectivity index (χ1) is 11.2. The predicted molar refractivity (Wildman–Crippen MR) is 89.2 cm³/mol. The van der Waals surface area contributed by atoms with Crippen molar-refractivity contribution in [3.8, 4) is 0 Å². The van der Waals surface area contributed by atoms with Gasteiger partial charge in [0, 0.05) is 30.4 Å². The number of hydrogen-bond donors (Lipinski definition) is 1. The average Bonchev–Trinajstić information content (AvgIpc) is 2.45. The van der Waals surface area contributed by atoms with E-state index in [0.717, 1.165) is 11.1 Å². The van der Waals surface area contributed by atoms with E-state index >= 15 is 0 Å². The second-order valence-electron chi connectivity index (χ2n) is 6.28. The zero-order valence-corrected chi connectivity index (χ0v) is 14.3. The van der Waals surface area contributed by atoms with Gasteiger partial charge in [0.05, 0.1) is 10.5 Å².